The predicted molar refractivity (Wildman–Crippen MR) is 107 cm³/mol. The molecule has 0 unspecified atom stereocenters. The van der Waals surface area contributed by atoms with Gasteiger partial charge >= 0.3 is 5.97 Å². The van der Waals surface area contributed by atoms with E-state index in [9.17, 15) is 24.6 Å². The van der Waals surface area contributed by atoms with Gasteiger partial charge in [-0.1, -0.05) is 12.1 Å². The molecular weight excluding hydrogens is 386 g/mol. The summed E-state index contributed by atoms with van der Waals surface area (Å²) in [7, 11) is 0. The van der Waals surface area contributed by atoms with Crippen molar-refractivity contribution in [1.29, 1.82) is 0 Å². The molecule has 2 aromatic rings. The molecule has 1 heterocycles. The first-order chi connectivity index (χ1) is 14.2. The Morgan fingerprint density at radius 3 is 2.37 bits per heavy atom. The minimum absolute atomic E-state index is 0.00597. The Bertz CT molecular complexity index is 1070. The fourth-order valence-corrected chi connectivity index (χ4v) is 4.40. The van der Waals surface area contributed by atoms with E-state index in [2.05, 4.69) is 5.32 Å². The fourth-order valence-electron chi connectivity index (χ4n) is 4.40. The van der Waals surface area contributed by atoms with Crippen LogP contribution in [0.3, 0.4) is 0 Å². The van der Waals surface area contributed by atoms with Crippen molar-refractivity contribution in [2.75, 3.05) is 13.1 Å². The summed E-state index contributed by atoms with van der Waals surface area (Å²) in [5, 5.41) is 22.7. The van der Waals surface area contributed by atoms with Gasteiger partial charge in [0.25, 0.3) is 0 Å². The smallest absolute Gasteiger partial charge is 0.338 e. The molecule has 7 heteroatoms. The van der Waals surface area contributed by atoms with E-state index in [1.165, 1.54) is 24.3 Å². The van der Waals surface area contributed by atoms with Crippen LogP contribution in [-0.2, 0) is 4.74 Å². The molecule has 1 fully saturated rings. The number of esters is 1. The van der Waals surface area contributed by atoms with Crippen LogP contribution in [0, 0.1) is 5.92 Å². The van der Waals surface area contributed by atoms with Crippen LogP contribution in [0.5, 0.6) is 11.5 Å². The van der Waals surface area contributed by atoms with Crippen molar-refractivity contribution in [3.05, 3.63) is 58.1 Å². The molecule has 2 aliphatic rings. The third kappa shape index (κ3) is 3.25. The SMILES string of the molecule is CC(C)(OC(=O)c1cc(O)c2c(c1)C(=O)c1cccc(O)c1C2=O)C1CC[NH2+]CC1. The van der Waals surface area contributed by atoms with Crippen LogP contribution in [0.4, 0.5) is 0 Å². The minimum atomic E-state index is -0.699. The summed E-state index contributed by atoms with van der Waals surface area (Å²) in [6.45, 7) is 5.70. The predicted octanol–water partition coefficient (Wildman–Crippen LogP) is 1.78. The molecule has 156 valence electrons. The Hall–Kier alpha value is -3.19. The largest absolute Gasteiger partial charge is 0.507 e. The summed E-state index contributed by atoms with van der Waals surface area (Å²) in [5.41, 5.74) is -1.09. The molecule has 0 aromatic heterocycles. The van der Waals surface area contributed by atoms with E-state index in [4.69, 9.17) is 4.74 Å². The Labute approximate surface area is 173 Å². The van der Waals surface area contributed by atoms with Crippen molar-refractivity contribution >= 4 is 17.5 Å². The van der Waals surface area contributed by atoms with Gasteiger partial charge in [-0.2, -0.15) is 0 Å². The number of benzene rings is 2. The average Bonchev–Trinajstić information content (AvgIpc) is 2.71. The molecule has 1 aliphatic heterocycles. The summed E-state index contributed by atoms with van der Waals surface area (Å²) >= 11 is 0. The number of hydrogen-bond acceptors (Lipinski definition) is 6. The third-order valence-corrected chi connectivity index (χ3v) is 6.12. The van der Waals surface area contributed by atoms with Gasteiger partial charge in [0, 0.05) is 29.9 Å². The van der Waals surface area contributed by atoms with Crippen molar-refractivity contribution in [2.24, 2.45) is 5.92 Å². The van der Waals surface area contributed by atoms with E-state index in [-0.39, 0.29) is 39.5 Å². The molecular formula is C23H24NO6+. The number of nitrogens with two attached hydrogens (primary N) is 1. The summed E-state index contributed by atoms with van der Waals surface area (Å²) < 4.78 is 5.76. The van der Waals surface area contributed by atoms with Gasteiger partial charge in [0.15, 0.2) is 5.78 Å². The highest BCUT2D eigenvalue weighted by Gasteiger charge is 2.38. The maximum Gasteiger partial charge on any atom is 0.338 e. The molecule has 30 heavy (non-hydrogen) atoms. The number of ether oxygens (including phenoxy) is 1. The van der Waals surface area contributed by atoms with Crippen LogP contribution < -0.4 is 5.32 Å². The van der Waals surface area contributed by atoms with Crippen LogP contribution in [0.1, 0.15) is 68.9 Å². The van der Waals surface area contributed by atoms with Crippen molar-refractivity contribution in [3.63, 3.8) is 0 Å². The van der Waals surface area contributed by atoms with Crippen LogP contribution in [-0.4, -0.2) is 46.4 Å². The monoisotopic (exact) mass is 410 g/mol. The number of ketones is 2. The Balaban J connectivity index is 1.69. The third-order valence-electron chi connectivity index (χ3n) is 6.12. The molecule has 0 atom stereocenters. The number of carbonyl (C=O) groups is 3. The van der Waals surface area contributed by atoms with Gasteiger partial charge in [0.05, 0.1) is 29.8 Å². The molecule has 0 radical (unpaired) electrons. The quantitative estimate of drug-likeness (QED) is 0.567. The normalized spacial score (nSPS) is 16.7. The standard InChI is InChI=1S/C23H23NO6/c1-23(2,13-6-8-24-9-7-13)30-22(29)12-10-15-19(17(26)11-12)21(28)18-14(20(15)27)4-3-5-16(18)25/h3-5,10-11,13,24-26H,6-9H2,1-2H3/p+1. The van der Waals surface area contributed by atoms with Crippen LogP contribution in [0.2, 0.25) is 0 Å². The molecule has 1 saturated heterocycles. The van der Waals surface area contributed by atoms with E-state index in [1.807, 2.05) is 13.8 Å². The van der Waals surface area contributed by atoms with E-state index in [0.717, 1.165) is 32.0 Å². The highest BCUT2D eigenvalue weighted by molar-refractivity contribution is 6.30. The molecule has 1 aliphatic carbocycles. The Morgan fingerprint density at radius 2 is 1.67 bits per heavy atom. The number of quaternary nitrogens is 1. The van der Waals surface area contributed by atoms with Crippen molar-refractivity contribution in [3.8, 4) is 11.5 Å². The number of piperidine rings is 1. The molecule has 0 spiro atoms. The van der Waals surface area contributed by atoms with Gasteiger partial charge in [-0.05, 0) is 32.0 Å². The summed E-state index contributed by atoms with van der Waals surface area (Å²) in [5.74, 6) is -2.45. The second-order valence-electron chi connectivity index (χ2n) is 8.41. The number of rotatable bonds is 3. The topological polar surface area (TPSA) is 118 Å². The molecule has 0 saturated carbocycles. The van der Waals surface area contributed by atoms with E-state index in [0.29, 0.717) is 0 Å². The highest BCUT2D eigenvalue weighted by Crippen LogP contribution is 2.38. The first-order valence-corrected chi connectivity index (χ1v) is 10.0. The van der Waals surface area contributed by atoms with Gasteiger partial charge in [0.1, 0.15) is 17.1 Å². The molecule has 0 amide bonds. The molecule has 4 rings (SSSR count). The lowest BCUT2D eigenvalue weighted by molar-refractivity contribution is -0.665. The van der Waals surface area contributed by atoms with Crippen LogP contribution in [0.15, 0.2) is 30.3 Å². The van der Waals surface area contributed by atoms with Gasteiger partial charge in [0.2, 0.25) is 5.78 Å². The van der Waals surface area contributed by atoms with Crippen molar-refractivity contribution in [1.82, 2.24) is 0 Å². The number of fused-ring (bicyclic) bond motifs is 2. The highest BCUT2D eigenvalue weighted by atomic mass is 16.6. The maximum absolute atomic E-state index is 12.9. The lowest BCUT2D eigenvalue weighted by Crippen LogP contribution is -2.86. The zero-order valence-corrected chi connectivity index (χ0v) is 16.9. The van der Waals surface area contributed by atoms with Gasteiger partial charge in [-0.15, -0.1) is 0 Å². The second kappa shape index (κ2) is 7.25. The zero-order chi connectivity index (χ0) is 21.6. The Morgan fingerprint density at radius 1 is 1.00 bits per heavy atom. The molecule has 7 nitrogen and oxygen atoms in total. The summed E-state index contributed by atoms with van der Waals surface area (Å²) in [4.78, 5) is 38.6. The van der Waals surface area contributed by atoms with Crippen LogP contribution in [0.25, 0.3) is 0 Å². The number of aromatic hydroxyl groups is 2. The van der Waals surface area contributed by atoms with Gasteiger partial charge < -0.3 is 20.3 Å². The lowest BCUT2D eigenvalue weighted by atomic mass is 9.82. The Kier molecular flexibility index (Phi) is 4.86. The first kappa shape index (κ1) is 20.1. The lowest BCUT2D eigenvalue weighted by Gasteiger charge is -2.35. The second-order valence-corrected chi connectivity index (χ2v) is 8.41. The molecule has 4 N–H and O–H groups in total. The fraction of sp³-hybridized carbons (Fsp3) is 0.348. The van der Waals surface area contributed by atoms with E-state index >= 15 is 0 Å². The van der Waals surface area contributed by atoms with Crippen molar-refractivity contribution in [2.45, 2.75) is 32.3 Å². The average molecular weight is 410 g/mol. The maximum atomic E-state index is 12.9. The van der Waals surface area contributed by atoms with Gasteiger partial charge in [-0.25, -0.2) is 4.79 Å². The molecule has 2 aromatic carbocycles. The minimum Gasteiger partial charge on any atom is -0.507 e. The van der Waals surface area contributed by atoms with E-state index in [1.54, 1.807) is 0 Å². The van der Waals surface area contributed by atoms with Crippen LogP contribution >= 0.6 is 0 Å². The zero-order valence-electron chi connectivity index (χ0n) is 16.9. The number of phenolic OH excluding ortho intramolecular Hbond substituents is 2. The summed E-state index contributed by atoms with van der Waals surface area (Å²) in [6.07, 6.45) is 1.87. The van der Waals surface area contributed by atoms with E-state index < -0.39 is 28.9 Å². The van der Waals surface area contributed by atoms with Crippen molar-refractivity contribution < 1.29 is 34.7 Å². The van der Waals surface area contributed by atoms with Gasteiger partial charge in [-0.3, -0.25) is 9.59 Å². The molecule has 0 bridgehead atoms. The first-order valence-electron chi connectivity index (χ1n) is 10.0. The summed E-state index contributed by atoms with van der Waals surface area (Å²) in [6, 6.07) is 6.64. The number of phenols is 2. The number of hydrogen-bond donors (Lipinski definition) is 3. The number of carbonyl (C=O) groups excluding carboxylic acids is 3.